The number of benzene rings is 1. The standard InChI is InChI=1S/C26H22F3N3O4S/c27-26(28,29)24-10-8-19(16-31-24)20-14-17(11-12-30-20)7-9-22(33)21-5-3-13-32(21)37(34,35)25-15-18-4-1-2-6-23(18)36-25/h1-2,4,6,8,10-12,14-16,21H,3,5,7,9,13H2/t21-/m0/s1. The Morgan fingerprint density at radius 2 is 1.89 bits per heavy atom. The molecule has 0 amide bonds. The lowest BCUT2D eigenvalue weighted by Crippen LogP contribution is -2.40. The number of aromatic nitrogens is 2. The number of carbonyl (C=O) groups excluding carboxylic acids is 1. The van der Waals surface area contributed by atoms with Gasteiger partial charge in [-0.3, -0.25) is 14.8 Å². The van der Waals surface area contributed by atoms with Crippen LogP contribution in [0.2, 0.25) is 0 Å². The molecule has 1 atom stereocenters. The van der Waals surface area contributed by atoms with Crippen molar-refractivity contribution in [3.05, 3.63) is 78.2 Å². The highest BCUT2D eigenvalue weighted by Gasteiger charge is 2.40. The quantitative estimate of drug-likeness (QED) is 0.324. The number of fused-ring (bicyclic) bond motifs is 1. The summed E-state index contributed by atoms with van der Waals surface area (Å²) in [4.78, 5) is 20.8. The van der Waals surface area contributed by atoms with Crippen molar-refractivity contribution in [2.75, 3.05) is 6.54 Å². The Morgan fingerprint density at radius 3 is 2.62 bits per heavy atom. The van der Waals surface area contributed by atoms with E-state index in [1.807, 2.05) is 0 Å². The molecule has 1 saturated heterocycles. The van der Waals surface area contributed by atoms with Gasteiger partial charge in [-0.05, 0) is 55.2 Å². The van der Waals surface area contributed by atoms with Crippen molar-refractivity contribution in [1.29, 1.82) is 0 Å². The van der Waals surface area contributed by atoms with E-state index in [4.69, 9.17) is 4.42 Å². The lowest BCUT2D eigenvalue weighted by molar-refractivity contribution is -0.141. The molecule has 0 aliphatic carbocycles. The molecule has 0 saturated carbocycles. The fourth-order valence-electron chi connectivity index (χ4n) is 4.48. The van der Waals surface area contributed by atoms with E-state index in [2.05, 4.69) is 9.97 Å². The Balaban J connectivity index is 1.28. The minimum Gasteiger partial charge on any atom is -0.443 e. The van der Waals surface area contributed by atoms with Gasteiger partial charge in [0.15, 0.2) is 5.78 Å². The van der Waals surface area contributed by atoms with Crippen molar-refractivity contribution in [2.24, 2.45) is 0 Å². The number of carbonyl (C=O) groups is 1. The van der Waals surface area contributed by atoms with Crippen LogP contribution >= 0.6 is 0 Å². The van der Waals surface area contributed by atoms with Gasteiger partial charge in [0.2, 0.25) is 5.09 Å². The van der Waals surface area contributed by atoms with Crippen molar-refractivity contribution in [3.8, 4) is 11.3 Å². The number of para-hydroxylation sites is 1. The van der Waals surface area contributed by atoms with Crippen LogP contribution in [0.4, 0.5) is 13.2 Å². The first-order chi connectivity index (χ1) is 17.6. The molecule has 0 N–H and O–H groups in total. The van der Waals surface area contributed by atoms with E-state index in [9.17, 15) is 26.4 Å². The molecular weight excluding hydrogens is 507 g/mol. The van der Waals surface area contributed by atoms with Gasteiger partial charge < -0.3 is 4.42 Å². The van der Waals surface area contributed by atoms with Crippen LogP contribution in [-0.2, 0) is 27.4 Å². The molecule has 4 aromatic rings. The van der Waals surface area contributed by atoms with Crippen LogP contribution in [0.25, 0.3) is 22.2 Å². The Hall–Kier alpha value is -3.57. The van der Waals surface area contributed by atoms with Gasteiger partial charge >= 0.3 is 6.18 Å². The number of aryl methyl sites for hydroxylation is 1. The summed E-state index contributed by atoms with van der Waals surface area (Å²) >= 11 is 0. The van der Waals surface area contributed by atoms with Gasteiger partial charge in [-0.15, -0.1) is 0 Å². The van der Waals surface area contributed by atoms with Crippen molar-refractivity contribution in [1.82, 2.24) is 14.3 Å². The summed E-state index contributed by atoms with van der Waals surface area (Å²) in [5.74, 6) is -0.202. The monoisotopic (exact) mass is 529 g/mol. The highest BCUT2D eigenvalue weighted by molar-refractivity contribution is 7.89. The van der Waals surface area contributed by atoms with E-state index in [1.54, 1.807) is 36.4 Å². The molecule has 7 nitrogen and oxygen atoms in total. The maximum atomic E-state index is 13.3. The predicted molar refractivity (Wildman–Crippen MR) is 129 cm³/mol. The van der Waals surface area contributed by atoms with Crippen LogP contribution in [0.15, 0.2) is 76.5 Å². The van der Waals surface area contributed by atoms with Gasteiger partial charge in [0.1, 0.15) is 11.3 Å². The van der Waals surface area contributed by atoms with E-state index in [1.165, 1.54) is 22.6 Å². The summed E-state index contributed by atoms with van der Waals surface area (Å²) in [5, 5.41) is 0.484. The van der Waals surface area contributed by atoms with Crippen molar-refractivity contribution >= 4 is 26.8 Å². The van der Waals surface area contributed by atoms with E-state index in [-0.39, 0.29) is 23.8 Å². The number of nitrogens with zero attached hydrogens (tertiary/aromatic N) is 3. The van der Waals surface area contributed by atoms with Crippen LogP contribution in [0.3, 0.4) is 0 Å². The summed E-state index contributed by atoms with van der Waals surface area (Å²) in [5.41, 5.74) is 1.07. The van der Waals surface area contributed by atoms with E-state index >= 15 is 0 Å². The molecule has 0 unspecified atom stereocenters. The number of hydrogen-bond donors (Lipinski definition) is 0. The molecule has 1 fully saturated rings. The molecule has 192 valence electrons. The van der Waals surface area contributed by atoms with Gasteiger partial charge in [0.25, 0.3) is 10.0 Å². The van der Waals surface area contributed by atoms with Crippen LogP contribution < -0.4 is 0 Å². The van der Waals surface area contributed by atoms with Crippen LogP contribution in [0.5, 0.6) is 0 Å². The van der Waals surface area contributed by atoms with Gasteiger partial charge in [-0.25, -0.2) is 8.42 Å². The Kier molecular flexibility index (Phi) is 6.59. The Labute approximate surface area is 211 Å². The number of hydrogen-bond acceptors (Lipinski definition) is 6. The summed E-state index contributed by atoms with van der Waals surface area (Å²) < 4.78 is 71.7. The molecule has 0 spiro atoms. The zero-order valence-electron chi connectivity index (χ0n) is 19.5. The largest absolute Gasteiger partial charge is 0.443 e. The molecule has 5 rings (SSSR count). The van der Waals surface area contributed by atoms with Gasteiger partial charge in [0.05, 0.1) is 11.7 Å². The molecule has 37 heavy (non-hydrogen) atoms. The van der Waals surface area contributed by atoms with Crippen LogP contribution in [-0.4, -0.2) is 41.1 Å². The molecule has 11 heteroatoms. The molecule has 4 heterocycles. The van der Waals surface area contributed by atoms with E-state index in [0.717, 1.165) is 17.8 Å². The number of ketones is 1. The number of Topliss-reactive ketones (excluding diaryl/α,β-unsaturated/α-hetero) is 1. The smallest absolute Gasteiger partial charge is 0.433 e. The Bertz CT molecular complexity index is 1520. The summed E-state index contributed by atoms with van der Waals surface area (Å²) in [6, 6.07) is 13.3. The average molecular weight is 530 g/mol. The van der Waals surface area contributed by atoms with Crippen LogP contribution in [0.1, 0.15) is 30.5 Å². The molecule has 1 aliphatic rings. The molecule has 0 bridgehead atoms. The second-order valence-corrected chi connectivity index (χ2v) is 10.6. The van der Waals surface area contributed by atoms with Crippen molar-refractivity contribution in [2.45, 2.75) is 43.0 Å². The van der Waals surface area contributed by atoms with Gasteiger partial charge in [-0.1, -0.05) is 18.2 Å². The normalized spacial score (nSPS) is 16.9. The first kappa shape index (κ1) is 25.1. The highest BCUT2D eigenvalue weighted by Crippen LogP contribution is 2.31. The van der Waals surface area contributed by atoms with E-state index < -0.39 is 27.9 Å². The maximum Gasteiger partial charge on any atom is 0.433 e. The fourth-order valence-corrected chi connectivity index (χ4v) is 6.11. The lowest BCUT2D eigenvalue weighted by Gasteiger charge is -2.21. The zero-order chi connectivity index (χ0) is 26.2. The first-order valence-electron chi connectivity index (χ1n) is 11.6. The number of pyridine rings is 2. The molecule has 3 aromatic heterocycles. The zero-order valence-corrected chi connectivity index (χ0v) is 20.3. The number of sulfonamides is 1. The summed E-state index contributed by atoms with van der Waals surface area (Å²) in [6.45, 7) is 0.232. The number of halogens is 3. The fraction of sp³-hybridized carbons (Fsp3) is 0.269. The third-order valence-electron chi connectivity index (χ3n) is 6.38. The molecule has 1 aromatic carbocycles. The number of rotatable bonds is 7. The first-order valence-corrected chi connectivity index (χ1v) is 13.1. The maximum absolute atomic E-state index is 13.3. The second-order valence-electron chi connectivity index (χ2n) is 8.82. The molecule has 1 aliphatic heterocycles. The van der Waals surface area contributed by atoms with Crippen molar-refractivity contribution < 1.29 is 30.8 Å². The predicted octanol–water partition coefficient (Wildman–Crippen LogP) is 5.26. The number of alkyl halides is 3. The van der Waals surface area contributed by atoms with Gasteiger partial charge in [-0.2, -0.15) is 17.5 Å². The second kappa shape index (κ2) is 9.71. The SMILES string of the molecule is O=C(CCc1ccnc(-c2ccc(C(F)(F)F)nc2)c1)[C@@H]1CCCN1S(=O)(=O)c1cc2ccccc2o1. The molecular formula is C26H22F3N3O4S. The van der Waals surface area contributed by atoms with Crippen molar-refractivity contribution in [3.63, 3.8) is 0 Å². The minimum absolute atomic E-state index is 0.103. The third-order valence-corrected chi connectivity index (χ3v) is 8.14. The average Bonchev–Trinajstić information content (AvgIpc) is 3.55. The van der Waals surface area contributed by atoms with E-state index in [0.29, 0.717) is 41.5 Å². The molecule has 0 radical (unpaired) electrons. The minimum atomic E-state index is -4.53. The lowest BCUT2D eigenvalue weighted by atomic mass is 10.0. The Morgan fingerprint density at radius 1 is 1.08 bits per heavy atom. The topological polar surface area (TPSA) is 93.4 Å². The third kappa shape index (κ3) is 5.14. The van der Waals surface area contributed by atoms with Gasteiger partial charge in [0, 0.05) is 42.4 Å². The van der Waals surface area contributed by atoms with Crippen LogP contribution in [0, 0.1) is 0 Å². The number of furan rings is 1. The summed E-state index contributed by atoms with van der Waals surface area (Å²) in [6.07, 6.45) is -0.476. The summed E-state index contributed by atoms with van der Waals surface area (Å²) in [7, 11) is -3.99. The highest BCUT2D eigenvalue weighted by atomic mass is 32.2.